The number of nitrogens with zero attached hydrogens (tertiary/aromatic N) is 4. The number of carbonyl (C=O) groups is 1. The predicted octanol–water partition coefficient (Wildman–Crippen LogP) is 3.06. The van der Waals surface area contributed by atoms with Crippen molar-refractivity contribution in [2.24, 2.45) is 5.92 Å². The zero-order chi connectivity index (χ0) is 17.9. The molecular formula is C19H24N4OS2. The van der Waals surface area contributed by atoms with E-state index in [2.05, 4.69) is 50.3 Å². The quantitative estimate of drug-likeness (QED) is 0.737. The first-order valence-corrected chi connectivity index (χ1v) is 11.0. The van der Waals surface area contributed by atoms with Crippen LogP contribution >= 0.6 is 23.1 Å². The second-order valence-corrected chi connectivity index (χ2v) is 9.59. The summed E-state index contributed by atoms with van der Waals surface area (Å²) in [5.74, 6) is 1.30. The van der Waals surface area contributed by atoms with E-state index in [1.807, 2.05) is 6.92 Å². The maximum Gasteiger partial charge on any atom is 0.233 e. The normalized spacial score (nSPS) is 23.2. The van der Waals surface area contributed by atoms with Crippen LogP contribution in [-0.4, -0.2) is 57.3 Å². The molecule has 2 atom stereocenters. The molecule has 1 amide bonds. The van der Waals surface area contributed by atoms with Gasteiger partial charge in [0.05, 0.1) is 5.75 Å². The van der Waals surface area contributed by atoms with E-state index in [4.69, 9.17) is 0 Å². The molecule has 2 aromatic rings. The van der Waals surface area contributed by atoms with E-state index in [0.29, 0.717) is 17.7 Å². The number of thioether (sulfide) groups is 1. The number of aromatic nitrogens is 2. The SMILES string of the molecule is Cc1nnc(SCC(=O)N2C[C@@H]3CC[C@H](C2)N(Cc2ccccc2)C3)s1. The molecule has 0 N–H and O–H groups in total. The fourth-order valence-corrected chi connectivity index (χ4v) is 5.66. The molecule has 3 aliphatic rings. The Bertz CT molecular complexity index is 751. The van der Waals surface area contributed by atoms with Gasteiger partial charge < -0.3 is 4.90 Å². The number of aryl methyl sites for hydroxylation is 1. The monoisotopic (exact) mass is 388 g/mol. The summed E-state index contributed by atoms with van der Waals surface area (Å²) < 4.78 is 0.888. The molecule has 3 aliphatic heterocycles. The van der Waals surface area contributed by atoms with Crippen LogP contribution < -0.4 is 0 Å². The molecule has 7 heteroatoms. The lowest BCUT2D eigenvalue weighted by atomic mass is 9.94. The van der Waals surface area contributed by atoms with Crippen LogP contribution in [0.5, 0.6) is 0 Å². The number of hydrogen-bond donors (Lipinski definition) is 0. The van der Waals surface area contributed by atoms with Crippen LogP contribution in [0.4, 0.5) is 0 Å². The molecule has 0 aliphatic carbocycles. The van der Waals surface area contributed by atoms with Gasteiger partial charge in [-0.05, 0) is 31.2 Å². The van der Waals surface area contributed by atoms with Crippen molar-refractivity contribution in [3.05, 3.63) is 40.9 Å². The van der Waals surface area contributed by atoms with Gasteiger partial charge in [-0.25, -0.2) is 0 Å². The molecule has 3 saturated heterocycles. The second-order valence-electron chi connectivity index (χ2n) is 7.19. The Labute approximate surface area is 162 Å². The molecule has 0 spiro atoms. The number of hydrogen-bond acceptors (Lipinski definition) is 6. The Kier molecular flexibility index (Phi) is 5.57. The van der Waals surface area contributed by atoms with E-state index in [-0.39, 0.29) is 5.91 Å². The van der Waals surface area contributed by atoms with Crippen molar-refractivity contribution in [2.75, 3.05) is 25.4 Å². The van der Waals surface area contributed by atoms with Crippen molar-refractivity contribution in [1.29, 1.82) is 0 Å². The first-order chi connectivity index (χ1) is 12.7. The third-order valence-corrected chi connectivity index (χ3v) is 7.19. The number of amides is 1. The molecule has 138 valence electrons. The van der Waals surface area contributed by atoms with Crippen LogP contribution in [0, 0.1) is 12.8 Å². The lowest BCUT2D eigenvalue weighted by molar-refractivity contribution is -0.128. The van der Waals surface area contributed by atoms with Crippen LogP contribution in [0.2, 0.25) is 0 Å². The largest absolute Gasteiger partial charge is 0.340 e. The molecule has 5 nitrogen and oxygen atoms in total. The van der Waals surface area contributed by atoms with E-state index >= 15 is 0 Å². The van der Waals surface area contributed by atoms with Gasteiger partial charge >= 0.3 is 0 Å². The smallest absolute Gasteiger partial charge is 0.233 e. The summed E-state index contributed by atoms with van der Waals surface area (Å²) >= 11 is 3.07. The van der Waals surface area contributed by atoms with Crippen LogP contribution in [0.25, 0.3) is 0 Å². The van der Waals surface area contributed by atoms with Gasteiger partial charge in [-0.2, -0.15) is 0 Å². The Balaban J connectivity index is 1.37. The summed E-state index contributed by atoms with van der Waals surface area (Å²) in [6.07, 6.45) is 2.44. The number of benzene rings is 1. The minimum Gasteiger partial charge on any atom is -0.340 e. The molecule has 0 unspecified atom stereocenters. The molecule has 26 heavy (non-hydrogen) atoms. The van der Waals surface area contributed by atoms with Gasteiger partial charge in [-0.15, -0.1) is 10.2 Å². The first kappa shape index (κ1) is 17.9. The summed E-state index contributed by atoms with van der Waals surface area (Å²) in [4.78, 5) is 17.4. The molecule has 5 rings (SSSR count). The molecule has 1 aromatic heterocycles. The van der Waals surface area contributed by atoms with Gasteiger partial charge in [-0.3, -0.25) is 9.69 Å². The number of piperidine rings is 1. The van der Waals surface area contributed by atoms with E-state index in [0.717, 1.165) is 35.5 Å². The van der Waals surface area contributed by atoms with Gasteiger partial charge in [0, 0.05) is 32.2 Å². The van der Waals surface area contributed by atoms with E-state index < -0.39 is 0 Å². The van der Waals surface area contributed by atoms with Gasteiger partial charge in [0.25, 0.3) is 0 Å². The summed E-state index contributed by atoms with van der Waals surface area (Å²) in [6.45, 7) is 5.79. The van der Waals surface area contributed by atoms with E-state index in [1.54, 1.807) is 11.3 Å². The highest BCUT2D eigenvalue weighted by Gasteiger charge is 2.36. The highest BCUT2D eigenvalue weighted by molar-refractivity contribution is 8.01. The predicted molar refractivity (Wildman–Crippen MR) is 105 cm³/mol. The first-order valence-electron chi connectivity index (χ1n) is 9.16. The molecular weight excluding hydrogens is 364 g/mol. The number of fused-ring (bicyclic) bond motifs is 4. The fraction of sp³-hybridized carbons (Fsp3) is 0.526. The molecule has 0 radical (unpaired) electrons. The van der Waals surface area contributed by atoms with Crippen molar-refractivity contribution in [1.82, 2.24) is 20.0 Å². The van der Waals surface area contributed by atoms with E-state index in [9.17, 15) is 4.79 Å². The standard InChI is InChI=1S/C19H24N4OS2/c1-14-20-21-19(26-14)25-13-18(24)23-11-16-7-8-17(12-23)22(10-16)9-15-5-3-2-4-6-15/h2-6,16-17H,7-13H2,1H3/t16-,17-/m1/s1. The number of carbonyl (C=O) groups excluding carboxylic acids is 1. The van der Waals surface area contributed by atoms with Crippen molar-refractivity contribution >= 4 is 29.0 Å². The Morgan fingerprint density at radius 1 is 1.19 bits per heavy atom. The van der Waals surface area contributed by atoms with Gasteiger partial charge in [0.1, 0.15) is 5.01 Å². The molecule has 1 aromatic carbocycles. The summed E-state index contributed by atoms with van der Waals surface area (Å²) in [6, 6.07) is 11.1. The van der Waals surface area contributed by atoms with Crippen LogP contribution in [0.15, 0.2) is 34.7 Å². The maximum absolute atomic E-state index is 12.8. The van der Waals surface area contributed by atoms with Crippen molar-refractivity contribution < 1.29 is 4.79 Å². The molecule has 2 bridgehead atoms. The Morgan fingerprint density at radius 3 is 2.81 bits per heavy atom. The highest BCUT2D eigenvalue weighted by atomic mass is 32.2. The van der Waals surface area contributed by atoms with Crippen molar-refractivity contribution in [3.8, 4) is 0 Å². The van der Waals surface area contributed by atoms with Crippen molar-refractivity contribution in [3.63, 3.8) is 0 Å². The molecule has 0 saturated carbocycles. The zero-order valence-electron chi connectivity index (χ0n) is 15.0. The third-order valence-electron chi connectivity index (χ3n) is 5.23. The van der Waals surface area contributed by atoms with Crippen LogP contribution in [-0.2, 0) is 11.3 Å². The van der Waals surface area contributed by atoms with Crippen LogP contribution in [0.3, 0.4) is 0 Å². The molecule has 3 fully saturated rings. The van der Waals surface area contributed by atoms with Gasteiger partial charge in [-0.1, -0.05) is 53.4 Å². The van der Waals surface area contributed by atoms with Gasteiger partial charge in [0.15, 0.2) is 4.34 Å². The van der Waals surface area contributed by atoms with Crippen LogP contribution in [0.1, 0.15) is 23.4 Å². The Hall–Kier alpha value is -1.44. The summed E-state index contributed by atoms with van der Waals surface area (Å²) in [5.41, 5.74) is 1.36. The zero-order valence-corrected chi connectivity index (χ0v) is 16.6. The number of rotatable bonds is 5. The molecule has 4 heterocycles. The lowest BCUT2D eigenvalue weighted by Crippen LogP contribution is -2.44. The average Bonchev–Trinajstić information content (AvgIpc) is 2.87. The topological polar surface area (TPSA) is 49.3 Å². The summed E-state index contributed by atoms with van der Waals surface area (Å²) in [7, 11) is 0. The minimum atomic E-state index is 0.237. The highest BCUT2D eigenvalue weighted by Crippen LogP contribution is 2.30. The Morgan fingerprint density at radius 2 is 2.04 bits per heavy atom. The minimum absolute atomic E-state index is 0.237. The summed E-state index contributed by atoms with van der Waals surface area (Å²) in [5, 5.41) is 9.08. The third kappa shape index (κ3) is 4.27. The van der Waals surface area contributed by atoms with E-state index in [1.165, 1.54) is 30.2 Å². The lowest BCUT2D eigenvalue weighted by Gasteiger charge is -2.36. The van der Waals surface area contributed by atoms with Crippen molar-refractivity contribution in [2.45, 2.75) is 36.7 Å². The fourth-order valence-electron chi connectivity index (χ4n) is 3.95. The van der Waals surface area contributed by atoms with Gasteiger partial charge in [0.2, 0.25) is 5.91 Å². The second kappa shape index (κ2) is 8.06. The maximum atomic E-state index is 12.8. The average molecular weight is 389 g/mol.